The summed E-state index contributed by atoms with van der Waals surface area (Å²) in [7, 11) is 0. The van der Waals surface area contributed by atoms with Gasteiger partial charge in [-0.3, -0.25) is 4.99 Å². The van der Waals surface area contributed by atoms with Gasteiger partial charge in [0.1, 0.15) is 0 Å². The standard InChI is InChI=1S/C14H11N/c1-3-6-13-12-8-5-4-7-11(12)9-10-14(13)15-2/h1,4-5,7-10H,2,6H2. The minimum atomic E-state index is 0.593. The van der Waals surface area contributed by atoms with Crippen LogP contribution in [0.5, 0.6) is 0 Å². The van der Waals surface area contributed by atoms with Gasteiger partial charge in [-0.15, -0.1) is 12.3 Å². The first kappa shape index (κ1) is 9.48. The second-order valence-corrected chi connectivity index (χ2v) is 3.32. The summed E-state index contributed by atoms with van der Waals surface area (Å²) in [6.45, 7) is 3.56. The minimum absolute atomic E-state index is 0.593. The maximum atomic E-state index is 5.36. The molecule has 15 heavy (non-hydrogen) atoms. The molecule has 0 aliphatic heterocycles. The van der Waals surface area contributed by atoms with Gasteiger partial charge in [0.15, 0.2) is 0 Å². The van der Waals surface area contributed by atoms with Gasteiger partial charge in [0.05, 0.1) is 5.69 Å². The molecule has 0 spiro atoms. The molecule has 2 aromatic carbocycles. The monoisotopic (exact) mass is 193 g/mol. The smallest absolute Gasteiger partial charge is 0.0670 e. The molecule has 0 unspecified atom stereocenters. The Kier molecular flexibility index (Phi) is 2.51. The Hall–Kier alpha value is -2.07. The molecule has 0 saturated heterocycles. The van der Waals surface area contributed by atoms with Crippen LogP contribution in [0.1, 0.15) is 5.56 Å². The summed E-state index contributed by atoms with van der Waals surface area (Å²) in [5.41, 5.74) is 1.97. The fourth-order valence-electron chi connectivity index (χ4n) is 1.76. The molecule has 0 aliphatic rings. The predicted octanol–water partition coefficient (Wildman–Crippen LogP) is 3.35. The van der Waals surface area contributed by atoms with Crippen molar-refractivity contribution in [2.75, 3.05) is 0 Å². The number of aliphatic imine (C=N–C) groups is 1. The van der Waals surface area contributed by atoms with Gasteiger partial charge >= 0.3 is 0 Å². The highest BCUT2D eigenvalue weighted by molar-refractivity contribution is 5.90. The first-order chi connectivity index (χ1) is 7.36. The normalized spacial score (nSPS) is 9.80. The average molecular weight is 193 g/mol. The molecule has 0 amide bonds. The van der Waals surface area contributed by atoms with Crippen LogP contribution in [0, 0.1) is 12.3 Å². The summed E-state index contributed by atoms with van der Waals surface area (Å²) in [5, 5.41) is 2.36. The van der Waals surface area contributed by atoms with Crippen LogP contribution in [-0.4, -0.2) is 6.72 Å². The maximum absolute atomic E-state index is 5.36. The molecule has 0 aliphatic carbocycles. The number of fused-ring (bicyclic) bond motifs is 1. The molecule has 2 aromatic rings. The van der Waals surface area contributed by atoms with Gasteiger partial charge in [-0.2, -0.15) is 0 Å². The number of rotatable bonds is 2. The summed E-state index contributed by atoms with van der Waals surface area (Å²) in [6.07, 6.45) is 5.96. The Morgan fingerprint density at radius 2 is 2.00 bits per heavy atom. The van der Waals surface area contributed by atoms with E-state index >= 15 is 0 Å². The maximum Gasteiger partial charge on any atom is 0.0670 e. The van der Waals surface area contributed by atoms with Crippen molar-refractivity contribution in [3.8, 4) is 12.3 Å². The largest absolute Gasteiger partial charge is 0.264 e. The summed E-state index contributed by atoms with van der Waals surface area (Å²) in [5.74, 6) is 2.66. The first-order valence-corrected chi connectivity index (χ1v) is 4.77. The van der Waals surface area contributed by atoms with Crippen molar-refractivity contribution in [1.82, 2.24) is 0 Å². The lowest BCUT2D eigenvalue weighted by Crippen LogP contribution is -1.85. The van der Waals surface area contributed by atoms with E-state index in [1.807, 2.05) is 24.3 Å². The zero-order valence-corrected chi connectivity index (χ0v) is 8.40. The second kappa shape index (κ2) is 3.98. The number of hydrogen-bond donors (Lipinski definition) is 0. The lowest BCUT2D eigenvalue weighted by molar-refractivity contribution is 1.33. The molecular weight excluding hydrogens is 182 g/mol. The molecule has 1 heteroatoms. The van der Waals surface area contributed by atoms with Gasteiger partial charge < -0.3 is 0 Å². The number of terminal acetylenes is 1. The molecule has 0 radical (unpaired) electrons. The quantitative estimate of drug-likeness (QED) is 0.512. The lowest BCUT2D eigenvalue weighted by atomic mass is 10.0. The van der Waals surface area contributed by atoms with Crippen LogP contribution in [0.4, 0.5) is 5.69 Å². The second-order valence-electron chi connectivity index (χ2n) is 3.32. The van der Waals surface area contributed by atoms with E-state index in [2.05, 4.69) is 29.8 Å². The molecule has 0 fully saturated rings. The zero-order valence-electron chi connectivity index (χ0n) is 8.40. The molecule has 0 bridgehead atoms. The Bertz CT molecular complexity index is 547. The van der Waals surface area contributed by atoms with Crippen molar-refractivity contribution in [2.45, 2.75) is 6.42 Å². The third-order valence-corrected chi connectivity index (χ3v) is 2.47. The minimum Gasteiger partial charge on any atom is -0.264 e. The summed E-state index contributed by atoms with van der Waals surface area (Å²) in [6, 6.07) is 12.2. The van der Waals surface area contributed by atoms with Crippen molar-refractivity contribution in [1.29, 1.82) is 0 Å². The Morgan fingerprint density at radius 1 is 1.20 bits per heavy atom. The Morgan fingerprint density at radius 3 is 2.73 bits per heavy atom. The van der Waals surface area contributed by atoms with Crippen LogP contribution in [-0.2, 0) is 6.42 Å². The molecule has 0 aromatic heterocycles. The van der Waals surface area contributed by atoms with Crippen LogP contribution in [0.2, 0.25) is 0 Å². The highest BCUT2D eigenvalue weighted by atomic mass is 14.7. The van der Waals surface area contributed by atoms with Gasteiger partial charge in [0, 0.05) is 6.42 Å². The van der Waals surface area contributed by atoms with E-state index < -0.39 is 0 Å². The van der Waals surface area contributed by atoms with E-state index in [0.717, 1.165) is 11.3 Å². The van der Waals surface area contributed by atoms with Crippen molar-refractivity contribution in [3.05, 3.63) is 42.0 Å². The van der Waals surface area contributed by atoms with E-state index in [0.29, 0.717) is 6.42 Å². The molecule has 0 N–H and O–H groups in total. The van der Waals surface area contributed by atoms with Gasteiger partial charge in [-0.05, 0) is 29.1 Å². The summed E-state index contributed by atoms with van der Waals surface area (Å²) < 4.78 is 0. The average Bonchev–Trinajstić information content (AvgIpc) is 2.30. The van der Waals surface area contributed by atoms with E-state index in [1.54, 1.807) is 0 Å². The third kappa shape index (κ3) is 1.62. The molecule has 0 saturated carbocycles. The van der Waals surface area contributed by atoms with E-state index in [9.17, 15) is 0 Å². The molecule has 0 atom stereocenters. The van der Waals surface area contributed by atoms with Crippen molar-refractivity contribution in [3.63, 3.8) is 0 Å². The van der Waals surface area contributed by atoms with Crippen molar-refractivity contribution >= 4 is 23.2 Å². The number of nitrogens with zero attached hydrogens (tertiary/aromatic N) is 1. The molecule has 1 nitrogen and oxygen atoms in total. The van der Waals surface area contributed by atoms with Crippen LogP contribution in [0.3, 0.4) is 0 Å². The van der Waals surface area contributed by atoms with Gasteiger partial charge in [-0.25, -0.2) is 0 Å². The summed E-state index contributed by atoms with van der Waals surface area (Å²) >= 11 is 0. The van der Waals surface area contributed by atoms with Crippen molar-refractivity contribution < 1.29 is 0 Å². The topological polar surface area (TPSA) is 12.4 Å². The Balaban J connectivity index is 2.79. The number of benzene rings is 2. The van der Waals surface area contributed by atoms with E-state index in [4.69, 9.17) is 6.42 Å². The molecule has 2 rings (SSSR count). The Labute approximate surface area is 89.5 Å². The third-order valence-electron chi connectivity index (χ3n) is 2.47. The fraction of sp³-hybridized carbons (Fsp3) is 0.0714. The predicted molar refractivity (Wildman–Crippen MR) is 65.7 cm³/mol. The van der Waals surface area contributed by atoms with Gasteiger partial charge in [0.25, 0.3) is 0 Å². The first-order valence-electron chi connectivity index (χ1n) is 4.77. The molecule has 72 valence electrons. The van der Waals surface area contributed by atoms with Crippen molar-refractivity contribution in [2.24, 2.45) is 4.99 Å². The van der Waals surface area contributed by atoms with Gasteiger partial charge in [0.2, 0.25) is 0 Å². The zero-order chi connectivity index (χ0) is 10.7. The fourth-order valence-corrected chi connectivity index (χ4v) is 1.76. The van der Waals surface area contributed by atoms with Gasteiger partial charge in [-0.1, -0.05) is 30.3 Å². The van der Waals surface area contributed by atoms with Crippen LogP contribution in [0.25, 0.3) is 10.8 Å². The highest BCUT2D eigenvalue weighted by Gasteiger charge is 2.04. The number of hydrogen-bond acceptors (Lipinski definition) is 1. The van der Waals surface area contributed by atoms with E-state index in [1.165, 1.54) is 10.8 Å². The highest BCUT2D eigenvalue weighted by Crippen LogP contribution is 2.28. The summed E-state index contributed by atoms with van der Waals surface area (Å²) in [4.78, 5) is 3.99. The van der Waals surface area contributed by atoms with Crippen LogP contribution < -0.4 is 0 Å². The van der Waals surface area contributed by atoms with Crippen LogP contribution in [0.15, 0.2) is 41.4 Å². The van der Waals surface area contributed by atoms with Crippen LogP contribution >= 0.6 is 0 Å². The molecular formula is C14H11N. The van der Waals surface area contributed by atoms with E-state index in [-0.39, 0.29) is 0 Å². The lowest BCUT2D eigenvalue weighted by Gasteiger charge is -2.06. The molecule has 0 heterocycles. The SMILES string of the molecule is C#CCc1c(N=C)ccc2ccccc12.